The van der Waals surface area contributed by atoms with Crippen LogP contribution in [0, 0.1) is 11.7 Å². The van der Waals surface area contributed by atoms with Crippen LogP contribution in [0.1, 0.15) is 75.7 Å². The van der Waals surface area contributed by atoms with Gasteiger partial charge in [0.05, 0.1) is 17.3 Å². The van der Waals surface area contributed by atoms with Crippen LogP contribution in [0.2, 0.25) is 0 Å². The summed E-state index contributed by atoms with van der Waals surface area (Å²) in [7, 11) is -4.04. The molecule has 290 valence electrons. The second kappa shape index (κ2) is 15.4. The molecule has 16 heteroatoms. The summed E-state index contributed by atoms with van der Waals surface area (Å²) in [6.07, 6.45) is 7.62. The van der Waals surface area contributed by atoms with Crippen molar-refractivity contribution in [2.75, 3.05) is 6.54 Å². The number of pyridine rings is 1. The van der Waals surface area contributed by atoms with Crippen LogP contribution in [-0.2, 0) is 24.4 Å². The zero-order valence-corrected chi connectivity index (χ0v) is 31.3. The van der Waals surface area contributed by atoms with Crippen molar-refractivity contribution in [1.82, 2.24) is 30.4 Å². The first-order valence-corrected chi connectivity index (χ1v) is 20.2. The van der Waals surface area contributed by atoms with Crippen molar-refractivity contribution in [3.63, 3.8) is 0 Å². The number of ether oxygens (including phenoxy) is 1. The first-order chi connectivity index (χ1) is 26.4. The Morgan fingerprint density at radius 3 is 2.71 bits per heavy atom. The lowest BCUT2D eigenvalue weighted by molar-refractivity contribution is -0.141. The van der Waals surface area contributed by atoms with E-state index in [0.717, 1.165) is 18.2 Å². The third-order valence-electron chi connectivity index (χ3n) is 10.9. The summed E-state index contributed by atoms with van der Waals surface area (Å²) in [6, 6.07) is 10.6. The van der Waals surface area contributed by atoms with E-state index in [-0.39, 0.29) is 43.8 Å². The predicted octanol–water partition coefficient (Wildman–Crippen LogP) is 4.30. The first-order valence-electron chi connectivity index (χ1n) is 18.6. The number of nitrogens with zero attached hydrogens (tertiary/aromatic N) is 3. The van der Waals surface area contributed by atoms with Gasteiger partial charge in [0.1, 0.15) is 35.8 Å². The largest absolute Gasteiger partial charge is 0.472 e. The molecule has 2 fully saturated rings. The summed E-state index contributed by atoms with van der Waals surface area (Å²) in [5.41, 5.74) is -1.03. The highest BCUT2D eigenvalue weighted by Crippen LogP contribution is 2.46. The van der Waals surface area contributed by atoms with Gasteiger partial charge in [-0.3, -0.25) is 23.9 Å². The second-order valence-electron chi connectivity index (χ2n) is 14.5. The molecule has 0 radical (unpaired) electrons. The molecule has 4 amide bonds. The molecule has 0 spiro atoms. The van der Waals surface area contributed by atoms with Crippen molar-refractivity contribution in [2.45, 2.75) is 94.2 Å². The molecule has 2 aromatic heterocycles. The number of fused-ring (bicyclic) bond motifs is 5. The fourth-order valence-electron chi connectivity index (χ4n) is 7.41. The quantitative estimate of drug-likeness (QED) is 0.172. The van der Waals surface area contributed by atoms with Gasteiger partial charge in [-0.05, 0) is 68.7 Å². The van der Waals surface area contributed by atoms with Gasteiger partial charge >= 0.3 is 0 Å². The maximum absolute atomic E-state index is 14.5. The van der Waals surface area contributed by atoms with Crippen LogP contribution in [0.25, 0.3) is 21.7 Å². The number of carbonyl (C=O) groups excluding carboxylic acids is 4. The molecule has 1 aliphatic carbocycles. The van der Waals surface area contributed by atoms with Crippen molar-refractivity contribution in [1.29, 1.82) is 0 Å². The SMILES string of the molecule is CCC(C)S(=O)(=O)NC(=O)[C@@]12C[C@H]1/C=C\CCCCC[C@H](NC(=O)c1ccon1)C(=O)N1C[C@H](Oc3nc4ccccc4c4cc(F)ccc34)C[C@H]1C(=O)N2. The topological polar surface area (TPSA) is 190 Å². The number of carbonyl (C=O) groups is 4. The van der Waals surface area contributed by atoms with E-state index in [1.54, 1.807) is 25.1 Å². The number of halogens is 1. The van der Waals surface area contributed by atoms with Crippen molar-refractivity contribution < 1.29 is 41.2 Å². The Kier molecular flexibility index (Phi) is 10.6. The Morgan fingerprint density at radius 2 is 1.93 bits per heavy atom. The average molecular weight is 775 g/mol. The normalized spacial score (nSPS) is 25.8. The van der Waals surface area contributed by atoms with Crippen LogP contribution in [0.15, 0.2) is 71.5 Å². The molecule has 2 aromatic carbocycles. The van der Waals surface area contributed by atoms with E-state index in [9.17, 15) is 32.0 Å². The highest BCUT2D eigenvalue weighted by Gasteiger charge is 2.61. The molecule has 4 heterocycles. The zero-order valence-electron chi connectivity index (χ0n) is 30.5. The van der Waals surface area contributed by atoms with Gasteiger partial charge in [-0.2, -0.15) is 0 Å². The number of rotatable bonds is 8. The van der Waals surface area contributed by atoms with Gasteiger partial charge in [0.15, 0.2) is 5.69 Å². The van der Waals surface area contributed by atoms with Gasteiger partial charge in [0.2, 0.25) is 27.7 Å². The monoisotopic (exact) mass is 774 g/mol. The number of amides is 4. The van der Waals surface area contributed by atoms with Gasteiger partial charge in [-0.25, -0.2) is 17.8 Å². The van der Waals surface area contributed by atoms with Crippen LogP contribution in [-0.4, -0.2) is 82.6 Å². The van der Waals surface area contributed by atoms with Crippen molar-refractivity contribution in [3.8, 4) is 5.88 Å². The minimum absolute atomic E-state index is 0.0171. The van der Waals surface area contributed by atoms with Crippen LogP contribution in [0.4, 0.5) is 4.39 Å². The summed E-state index contributed by atoms with van der Waals surface area (Å²) in [5, 5.41) is 10.3. The Balaban J connectivity index is 1.23. The summed E-state index contributed by atoms with van der Waals surface area (Å²) in [6.45, 7) is 3.10. The molecule has 1 saturated heterocycles. The molecule has 14 nitrogen and oxygen atoms in total. The zero-order chi connectivity index (χ0) is 38.9. The highest BCUT2D eigenvalue weighted by atomic mass is 32.2. The lowest BCUT2D eigenvalue weighted by Crippen LogP contribution is -2.58. The van der Waals surface area contributed by atoms with Crippen LogP contribution in [0.5, 0.6) is 5.88 Å². The molecule has 1 saturated carbocycles. The van der Waals surface area contributed by atoms with Gasteiger partial charge in [0, 0.05) is 29.2 Å². The number of allylic oxidation sites excluding steroid dienone is 1. The summed E-state index contributed by atoms with van der Waals surface area (Å²) < 4.78 is 54.0. The first kappa shape index (κ1) is 37.9. The number of benzene rings is 2. The van der Waals surface area contributed by atoms with Crippen LogP contribution >= 0.6 is 0 Å². The van der Waals surface area contributed by atoms with Crippen molar-refractivity contribution in [3.05, 3.63) is 78.5 Å². The summed E-state index contributed by atoms with van der Waals surface area (Å²) in [4.78, 5) is 62.0. The van der Waals surface area contributed by atoms with E-state index in [1.807, 2.05) is 24.3 Å². The van der Waals surface area contributed by atoms with Crippen LogP contribution in [0.3, 0.4) is 0 Å². The number of para-hydroxylation sites is 1. The highest BCUT2D eigenvalue weighted by molar-refractivity contribution is 7.90. The van der Waals surface area contributed by atoms with Gasteiger partial charge in [0.25, 0.3) is 11.8 Å². The van der Waals surface area contributed by atoms with E-state index in [2.05, 4.69) is 20.5 Å². The number of aromatic nitrogens is 2. The van der Waals surface area contributed by atoms with E-state index in [1.165, 1.54) is 36.3 Å². The maximum atomic E-state index is 14.5. The summed E-state index contributed by atoms with van der Waals surface area (Å²) in [5.74, 6) is -3.43. The Bertz CT molecular complexity index is 2270. The lowest BCUT2D eigenvalue weighted by Gasteiger charge is -2.30. The van der Waals surface area contributed by atoms with E-state index < -0.39 is 74.4 Å². The number of hydrogen-bond donors (Lipinski definition) is 3. The molecule has 3 aliphatic rings. The van der Waals surface area contributed by atoms with Crippen LogP contribution < -0.4 is 20.1 Å². The third kappa shape index (κ3) is 7.77. The molecule has 1 unspecified atom stereocenters. The molecular weight excluding hydrogens is 732 g/mol. The molecule has 4 aromatic rings. The summed E-state index contributed by atoms with van der Waals surface area (Å²) >= 11 is 0. The fourth-order valence-corrected chi connectivity index (χ4v) is 8.49. The molecule has 55 heavy (non-hydrogen) atoms. The maximum Gasteiger partial charge on any atom is 0.274 e. The molecular formula is C39H43FN6O8S. The number of sulfonamides is 1. The van der Waals surface area contributed by atoms with Gasteiger partial charge in [-0.15, -0.1) is 0 Å². The Morgan fingerprint density at radius 1 is 1.11 bits per heavy atom. The molecule has 0 bridgehead atoms. The number of nitrogens with one attached hydrogen (secondary N) is 3. The second-order valence-corrected chi connectivity index (χ2v) is 16.6. The smallest absolute Gasteiger partial charge is 0.274 e. The standard InChI is InChI=1S/C39H43FN6O8S/c1-3-23(2)55(51,52)45-38(50)39-21-24(39)11-7-5-4-6-8-14-32(41-34(47)31-17-18-53-44-31)37(49)46-22-26(20-33(46)35(48)43-39)54-36-28-16-15-25(40)19-29(28)27-12-9-10-13-30(27)42-36/h7,9-13,15-19,23-24,26,32-33H,3-6,8,14,20-22H2,1-2H3,(H,41,47)(H,43,48)(H,45,50)/b11-7-/t23?,24-,26-,32+,33+,39-/m1/s1. The Labute approximate surface area is 317 Å². The van der Waals surface area contributed by atoms with E-state index in [4.69, 9.17) is 14.2 Å². The fraction of sp³-hybridized carbons (Fsp3) is 0.436. The van der Waals surface area contributed by atoms with E-state index in [0.29, 0.717) is 29.1 Å². The Hall–Kier alpha value is -5.38. The van der Waals surface area contributed by atoms with E-state index >= 15 is 0 Å². The molecule has 3 N–H and O–H groups in total. The minimum Gasteiger partial charge on any atom is -0.472 e. The van der Waals surface area contributed by atoms with Gasteiger partial charge < -0.3 is 24.8 Å². The minimum atomic E-state index is -4.04. The van der Waals surface area contributed by atoms with Crippen molar-refractivity contribution >= 4 is 55.3 Å². The molecule has 6 atom stereocenters. The molecule has 7 rings (SSSR count). The number of hydrogen-bond acceptors (Lipinski definition) is 10. The van der Waals surface area contributed by atoms with Gasteiger partial charge in [-0.1, -0.05) is 55.3 Å². The average Bonchev–Trinajstić information content (AvgIpc) is 3.47. The molecule has 2 aliphatic heterocycles. The third-order valence-corrected chi connectivity index (χ3v) is 12.7. The predicted molar refractivity (Wildman–Crippen MR) is 200 cm³/mol. The lowest BCUT2D eigenvalue weighted by atomic mass is 10.0. The van der Waals surface area contributed by atoms with Crippen molar-refractivity contribution in [2.24, 2.45) is 5.92 Å².